The molecule has 128 valence electrons. The first-order chi connectivity index (χ1) is 11.6. The Balaban J connectivity index is 1.83. The summed E-state index contributed by atoms with van der Waals surface area (Å²) in [6.07, 6.45) is 5.96. The summed E-state index contributed by atoms with van der Waals surface area (Å²) in [5.74, 6) is 0.833. The molecule has 0 radical (unpaired) electrons. The highest BCUT2D eigenvalue weighted by atomic mass is 16.5. The lowest BCUT2D eigenvalue weighted by Gasteiger charge is -2.18. The van der Waals surface area contributed by atoms with Crippen molar-refractivity contribution in [2.75, 3.05) is 19.7 Å². The Bertz CT molecular complexity index is 670. The van der Waals surface area contributed by atoms with Crippen LogP contribution in [0.1, 0.15) is 55.5 Å². The summed E-state index contributed by atoms with van der Waals surface area (Å²) < 4.78 is 5.72. The predicted molar refractivity (Wildman–Crippen MR) is 90.8 cm³/mol. The summed E-state index contributed by atoms with van der Waals surface area (Å²) in [6.45, 7) is 5.92. The van der Waals surface area contributed by atoms with Crippen LogP contribution in [0.5, 0.6) is 5.88 Å². The molecule has 1 saturated heterocycles. The Labute approximate surface area is 143 Å². The molecule has 0 unspecified atom stereocenters. The van der Waals surface area contributed by atoms with Crippen LogP contribution in [0.2, 0.25) is 0 Å². The zero-order valence-corrected chi connectivity index (χ0v) is 14.6. The topological polar surface area (TPSA) is 66.2 Å². The number of nitriles is 1. The van der Waals surface area contributed by atoms with Crippen molar-refractivity contribution < 1.29 is 9.53 Å². The molecule has 1 fully saturated rings. The summed E-state index contributed by atoms with van der Waals surface area (Å²) in [4.78, 5) is 18.7. The third kappa shape index (κ3) is 3.38. The molecule has 0 N–H and O–H groups in total. The van der Waals surface area contributed by atoms with Gasteiger partial charge in [0, 0.05) is 18.8 Å². The minimum absolute atomic E-state index is 0.0101. The predicted octanol–water partition coefficient (Wildman–Crippen LogP) is 2.64. The Hall–Kier alpha value is -2.09. The molecule has 0 aromatic carbocycles. The fourth-order valence-electron chi connectivity index (χ4n) is 3.68. The largest absolute Gasteiger partial charge is 0.467 e. The smallest absolute Gasteiger partial charge is 0.260 e. The van der Waals surface area contributed by atoms with Crippen LogP contribution < -0.4 is 4.74 Å². The summed E-state index contributed by atoms with van der Waals surface area (Å²) in [7, 11) is 0. The average Bonchev–Trinajstić information content (AvgIpc) is 3.23. The molecule has 5 heteroatoms. The van der Waals surface area contributed by atoms with E-state index in [0.717, 1.165) is 62.9 Å². The molecular weight excluding hydrogens is 302 g/mol. The van der Waals surface area contributed by atoms with E-state index < -0.39 is 0 Å². The molecule has 0 spiro atoms. The molecular formula is C19H25N3O2. The summed E-state index contributed by atoms with van der Waals surface area (Å²) >= 11 is 0. The lowest BCUT2D eigenvalue weighted by atomic mass is 9.98. The van der Waals surface area contributed by atoms with E-state index in [4.69, 9.17) is 4.74 Å². The normalized spacial score (nSPS) is 16.3. The number of rotatable bonds is 5. The Morgan fingerprint density at radius 3 is 2.62 bits per heavy atom. The van der Waals surface area contributed by atoms with Crippen molar-refractivity contribution >= 4 is 5.91 Å². The molecule has 1 aliphatic heterocycles. The summed E-state index contributed by atoms with van der Waals surface area (Å²) in [6, 6.07) is 2.26. The van der Waals surface area contributed by atoms with Gasteiger partial charge in [-0.05, 0) is 55.6 Å². The molecule has 2 heterocycles. The number of hydrogen-bond donors (Lipinski definition) is 0. The van der Waals surface area contributed by atoms with Crippen LogP contribution in [-0.4, -0.2) is 35.5 Å². The number of hydrogen-bond acceptors (Lipinski definition) is 4. The van der Waals surface area contributed by atoms with Gasteiger partial charge >= 0.3 is 0 Å². The van der Waals surface area contributed by atoms with Gasteiger partial charge in [-0.3, -0.25) is 4.79 Å². The van der Waals surface area contributed by atoms with Gasteiger partial charge in [0.15, 0.2) is 6.61 Å². The van der Waals surface area contributed by atoms with E-state index in [2.05, 4.69) is 24.9 Å². The molecule has 2 aliphatic rings. The minimum Gasteiger partial charge on any atom is -0.467 e. The van der Waals surface area contributed by atoms with E-state index in [1.54, 1.807) is 0 Å². The number of carbonyl (C=O) groups is 1. The number of carbonyl (C=O) groups excluding carboxylic acids is 1. The fourth-order valence-corrected chi connectivity index (χ4v) is 3.68. The van der Waals surface area contributed by atoms with E-state index >= 15 is 0 Å². The maximum Gasteiger partial charge on any atom is 0.260 e. The van der Waals surface area contributed by atoms with Crippen LogP contribution in [0.3, 0.4) is 0 Å². The second-order valence-electron chi connectivity index (χ2n) is 7.14. The monoisotopic (exact) mass is 327 g/mol. The zero-order chi connectivity index (χ0) is 17.1. The number of ether oxygens (including phenoxy) is 1. The van der Waals surface area contributed by atoms with Gasteiger partial charge in [-0.1, -0.05) is 13.8 Å². The maximum absolute atomic E-state index is 12.2. The first-order valence-corrected chi connectivity index (χ1v) is 8.95. The minimum atomic E-state index is -0.0262. The van der Waals surface area contributed by atoms with E-state index in [9.17, 15) is 10.1 Å². The van der Waals surface area contributed by atoms with Gasteiger partial charge in [0.25, 0.3) is 5.91 Å². The van der Waals surface area contributed by atoms with E-state index in [1.807, 2.05) is 4.90 Å². The standard InChI is InChI=1S/C19H25N3O2/c1-13(2)10-17-15-7-5-6-14(15)16(11-20)19(21-17)24-12-18(23)22-8-3-4-9-22/h13H,3-10,12H2,1-2H3. The van der Waals surface area contributed by atoms with Crippen molar-refractivity contribution in [1.29, 1.82) is 5.26 Å². The number of nitrogens with zero attached hydrogens (tertiary/aromatic N) is 3. The zero-order valence-electron chi connectivity index (χ0n) is 14.6. The lowest BCUT2D eigenvalue weighted by Crippen LogP contribution is -2.32. The molecule has 5 nitrogen and oxygen atoms in total. The lowest BCUT2D eigenvalue weighted by molar-refractivity contribution is -0.132. The van der Waals surface area contributed by atoms with E-state index in [0.29, 0.717) is 17.4 Å². The highest BCUT2D eigenvalue weighted by Gasteiger charge is 2.25. The molecule has 24 heavy (non-hydrogen) atoms. The molecule has 1 amide bonds. The van der Waals surface area contributed by atoms with Crippen molar-refractivity contribution in [2.45, 2.75) is 52.4 Å². The number of aromatic nitrogens is 1. The highest BCUT2D eigenvalue weighted by Crippen LogP contribution is 2.33. The molecule has 1 aromatic rings. The first-order valence-electron chi connectivity index (χ1n) is 8.95. The van der Waals surface area contributed by atoms with Gasteiger partial charge in [0.2, 0.25) is 5.88 Å². The van der Waals surface area contributed by atoms with Crippen LogP contribution in [0.4, 0.5) is 0 Å². The van der Waals surface area contributed by atoms with Crippen LogP contribution in [0.25, 0.3) is 0 Å². The number of pyridine rings is 1. The summed E-state index contributed by atoms with van der Waals surface area (Å²) in [5, 5.41) is 9.57. The van der Waals surface area contributed by atoms with Crippen molar-refractivity contribution in [3.05, 3.63) is 22.4 Å². The second-order valence-corrected chi connectivity index (χ2v) is 7.14. The number of likely N-dealkylation sites (tertiary alicyclic amines) is 1. The Kier molecular flexibility index (Phi) is 5.03. The van der Waals surface area contributed by atoms with Crippen molar-refractivity contribution in [1.82, 2.24) is 9.88 Å². The Morgan fingerprint density at radius 2 is 1.96 bits per heavy atom. The number of fused-ring (bicyclic) bond motifs is 1. The molecule has 0 bridgehead atoms. The van der Waals surface area contributed by atoms with E-state index in [1.165, 1.54) is 5.56 Å². The van der Waals surface area contributed by atoms with Gasteiger partial charge in [-0.2, -0.15) is 5.26 Å². The Morgan fingerprint density at radius 1 is 1.25 bits per heavy atom. The highest BCUT2D eigenvalue weighted by molar-refractivity contribution is 5.78. The van der Waals surface area contributed by atoms with Gasteiger partial charge in [0.1, 0.15) is 11.6 Å². The van der Waals surface area contributed by atoms with E-state index in [-0.39, 0.29) is 12.5 Å². The average molecular weight is 327 g/mol. The first kappa shape index (κ1) is 16.8. The van der Waals surface area contributed by atoms with Crippen LogP contribution in [0, 0.1) is 17.2 Å². The maximum atomic E-state index is 12.2. The molecule has 0 atom stereocenters. The van der Waals surface area contributed by atoms with Crippen molar-refractivity contribution in [2.24, 2.45) is 5.92 Å². The molecule has 0 saturated carbocycles. The molecule has 1 aromatic heterocycles. The van der Waals surface area contributed by atoms with Crippen LogP contribution >= 0.6 is 0 Å². The SMILES string of the molecule is CC(C)Cc1nc(OCC(=O)N2CCCC2)c(C#N)c2c1CCC2. The van der Waals surface area contributed by atoms with Crippen LogP contribution in [-0.2, 0) is 24.1 Å². The van der Waals surface area contributed by atoms with Crippen molar-refractivity contribution in [3.8, 4) is 11.9 Å². The van der Waals surface area contributed by atoms with Crippen LogP contribution in [0.15, 0.2) is 0 Å². The van der Waals surface area contributed by atoms with Gasteiger partial charge in [-0.25, -0.2) is 4.98 Å². The molecule has 3 rings (SSSR count). The van der Waals surface area contributed by atoms with Crippen molar-refractivity contribution in [3.63, 3.8) is 0 Å². The van der Waals surface area contributed by atoms with Gasteiger partial charge in [-0.15, -0.1) is 0 Å². The summed E-state index contributed by atoms with van der Waals surface area (Å²) in [5.41, 5.74) is 3.90. The third-order valence-electron chi connectivity index (χ3n) is 4.82. The van der Waals surface area contributed by atoms with Gasteiger partial charge in [0.05, 0.1) is 0 Å². The third-order valence-corrected chi connectivity index (χ3v) is 4.82. The quantitative estimate of drug-likeness (QED) is 0.834. The number of amides is 1. The second kappa shape index (κ2) is 7.21. The fraction of sp³-hybridized carbons (Fsp3) is 0.632. The van der Waals surface area contributed by atoms with Gasteiger partial charge < -0.3 is 9.64 Å². The molecule has 1 aliphatic carbocycles.